The second-order valence-electron chi connectivity index (χ2n) is 4.54. The van der Waals surface area contributed by atoms with Crippen LogP contribution >= 0.6 is 0 Å². The molecule has 0 spiro atoms. The number of hydrogen-bond acceptors (Lipinski definition) is 4. The first-order valence-electron chi connectivity index (χ1n) is 6.34. The molecule has 0 atom stereocenters. The van der Waals surface area contributed by atoms with Crippen molar-refractivity contribution >= 4 is 11.6 Å². The number of hydrogen-bond donors (Lipinski definition) is 2. The van der Waals surface area contributed by atoms with Gasteiger partial charge in [0.25, 0.3) is 5.91 Å². The van der Waals surface area contributed by atoms with Gasteiger partial charge in [-0.1, -0.05) is 0 Å². The second-order valence-corrected chi connectivity index (χ2v) is 4.54. The van der Waals surface area contributed by atoms with Gasteiger partial charge in [0, 0.05) is 26.2 Å². The molecule has 0 bridgehead atoms. The fourth-order valence-corrected chi connectivity index (χ4v) is 1.97. The van der Waals surface area contributed by atoms with Gasteiger partial charge in [-0.05, 0) is 12.1 Å². The fraction of sp³-hybridized carbons (Fsp3) is 0.500. The van der Waals surface area contributed by atoms with Gasteiger partial charge in [-0.2, -0.15) is 17.6 Å². The second kappa shape index (κ2) is 6.25. The van der Waals surface area contributed by atoms with Gasteiger partial charge in [0.05, 0.1) is 5.69 Å². The Kier molecular flexibility index (Phi) is 4.61. The number of halogens is 4. The zero-order valence-corrected chi connectivity index (χ0v) is 11.0. The van der Waals surface area contributed by atoms with Crippen molar-refractivity contribution in [1.29, 1.82) is 0 Å². The Balaban J connectivity index is 2.06. The number of amides is 1. The Morgan fingerprint density at radius 3 is 2.57 bits per heavy atom. The number of piperazine rings is 1. The van der Waals surface area contributed by atoms with Crippen molar-refractivity contribution in [3.05, 3.63) is 23.8 Å². The molecule has 1 aromatic heterocycles. The molecule has 1 aromatic rings. The summed E-state index contributed by atoms with van der Waals surface area (Å²) in [5.41, 5.74) is -0.139. The molecule has 2 N–H and O–H groups in total. The molecule has 116 valence electrons. The van der Waals surface area contributed by atoms with Crippen LogP contribution in [0, 0.1) is 5.95 Å². The summed E-state index contributed by atoms with van der Waals surface area (Å²) in [6, 6.07) is 2.57. The summed E-state index contributed by atoms with van der Waals surface area (Å²) in [6.07, 6.45) is -4.52. The minimum Gasteiger partial charge on any atom is -0.365 e. The molecule has 1 aliphatic rings. The Bertz CT molecular complexity index is 514. The molecule has 0 saturated carbocycles. The summed E-state index contributed by atoms with van der Waals surface area (Å²) in [6.45, 7) is 1.12. The van der Waals surface area contributed by atoms with Crippen LogP contribution < -0.4 is 15.5 Å². The summed E-state index contributed by atoms with van der Waals surface area (Å²) in [5.74, 6) is -1.92. The van der Waals surface area contributed by atoms with Crippen LogP contribution in [0.4, 0.5) is 23.2 Å². The fourth-order valence-electron chi connectivity index (χ4n) is 1.97. The highest BCUT2D eigenvalue weighted by molar-refractivity contribution is 5.92. The third-order valence-corrected chi connectivity index (χ3v) is 2.97. The number of anilines is 1. The van der Waals surface area contributed by atoms with E-state index in [1.807, 2.05) is 0 Å². The number of nitrogens with one attached hydrogen (secondary N) is 2. The van der Waals surface area contributed by atoms with Gasteiger partial charge < -0.3 is 15.5 Å². The van der Waals surface area contributed by atoms with Crippen molar-refractivity contribution in [3.8, 4) is 0 Å². The third-order valence-electron chi connectivity index (χ3n) is 2.97. The van der Waals surface area contributed by atoms with E-state index in [9.17, 15) is 22.4 Å². The highest BCUT2D eigenvalue weighted by Gasteiger charge is 2.28. The van der Waals surface area contributed by atoms with Gasteiger partial charge in [0.2, 0.25) is 5.95 Å². The third kappa shape index (κ3) is 4.28. The Morgan fingerprint density at radius 2 is 2.00 bits per heavy atom. The Hall–Kier alpha value is -1.90. The lowest BCUT2D eigenvalue weighted by atomic mass is 10.2. The normalized spacial score (nSPS) is 15.9. The predicted molar refractivity (Wildman–Crippen MR) is 67.7 cm³/mol. The van der Waals surface area contributed by atoms with Crippen molar-refractivity contribution < 1.29 is 22.4 Å². The van der Waals surface area contributed by atoms with Crippen LogP contribution in [0.1, 0.15) is 10.5 Å². The van der Waals surface area contributed by atoms with Gasteiger partial charge in [0.1, 0.15) is 12.2 Å². The lowest BCUT2D eigenvalue weighted by Gasteiger charge is -2.29. The Morgan fingerprint density at radius 1 is 1.33 bits per heavy atom. The zero-order valence-electron chi connectivity index (χ0n) is 11.0. The first-order chi connectivity index (χ1) is 9.87. The first kappa shape index (κ1) is 15.5. The van der Waals surface area contributed by atoms with E-state index in [1.165, 1.54) is 12.1 Å². The average molecular weight is 306 g/mol. The maximum Gasteiger partial charge on any atom is 0.405 e. The molecule has 1 amide bonds. The van der Waals surface area contributed by atoms with Crippen molar-refractivity contribution in [2.45, 2.75) is 6.18 Å². The zero-order chi connectivity index (χ0) is 15.5. The molecule has 0 unspecified atom stereocenters. The van der Waals surface area contributed by atoms with E-state index >= 15 is 0 Å². The maximum atomic E-state index is 13.9. The van der Waals surface area contributed by atoms with Crippen LogP contribution in [0.2, 0.25) is 0 Å². The molecule has 0 radical (unpaired) electrons. The van der Waals surface area contributed by atoms with E-state index < -0.39 is 24.6 Å². The summed E-state index contributed by atoms with van der Waals surface area (Å²) in [4.78, 5) is 16.7. The number of nitrogens with zero attached hydrogens (tertiary/aromatic N) is 2. The van der Waals surface area contributed by atoms with E-state index in [0.29, 0.717) is 26.2 Å². The van der Waals surface area contributed by atoms with Crippen LogP contribution in [0.25, 0.3) is 0 Å². The highest BCUT2D eigenvalue weighted by atomic mass is 19.4. The minimum absolute atomic E-state index is 0.240. The number of rotatable bonds is 3. The summed E-state index contributed by atoms with van der Waals surface area (Å²) < 4.78 is 49.9. The molecule has 1 saturated heterocycles. The number of carbonyl (C=O) groups excluding carboxylic acids is 1. The van der Waals surface area contributed by atoms with E-state index in [1.54, 1.807) is 10.2 Å². The SMILES string of the molecule is O=C(NCC(F)(F)F)c1ccc(N2CCNCC2)c(F)n1. The van der Waals surface area contributed by atoms with Crippen LogP contribution in [-0.2, 0) is 0 Å². The van der Waals surface area contributed by atoms with E-state index in [0.717, 1.165) is 0 Å². The van der Waals surface area contributed by atoms with Crippen molar-refractivity contribution in [1.82, 2.24) is 15.6 Å². The quantitative estimate of drug-likeness (QED) is 0.644. The van der Waals surface area contributed by atoms with Crippen LogP contribution in [-0.4, -0.2) is 49.8 Å². The van der Waals surface area contributed by atoms with E-state index in [-0.39, 0.29) is 11.4 Å². The molecular weight excluding hydrogens is 292 g/mol. The maximum absolute atomic E-state index is 13.9. The standard InChI is InChI=1S/C12H14F4N4O/c13-10-9(20-5-3-17-4-6-20)2-1-8(19-10)11(21)18-7-12(14,15)16/h1-2,17H,3-7H2,(H,18,21). The van der Waals surface area contributed by atoms with E-state index in [4.69, 9.17) is 0 Å². The summed E-state index contributed by atoms with van der Waals surface area (Å²) >= 11 is 0. The van der Waals surface area contributed by atoms with Gasteiger partial charge >= 0.3 is 6.18 Å². The van der Waals surface area contributed by atoms with Crippen molar-refractivity contribution in [2.24, 2.45) is 0 Å². The molecule has 5 nitrogen and oxygen atoms in total. The first-order valence-corrected chi connectivity index (χ1v) is 6.34. The molecule has 2 rings (SSSR count). The molecule has 21 heavy (non-hydrogen) atoms. The van der Waals surface area contributed by atoms with Gasteiger partial charge in [-0.3, -0.25) is 4.79 Å². The largest absolute Gasteiger partial charge is 0.405 e. The molecule has 2 heterocycles. The Labute approximate surface area is 118 Å². The lowest BCUT2D eigenvalue weighted by molar-refractivity contribution is -0.123. The number of alkyl halides is 3. The van der Waals surface area contributed by atoms with Gasteiger partial charge in [-0.15, -0.1) is 0 Å². The average Bonchev–Trinajstić information content (AvgIpc) is 2.45. The summed E-state index contributed by atoms with van der Waals surface area (Å²) in [7, 11) is 0. The van der Waals surface area contributed by atoms with Crippen LogP contribution in [0.5, 0.6) is 0 Å². The molecular formula is C12H14F4N4O. The topological polar surface area (TPSA) is 57.3 Å². The number of aromatic nitrogens is 1. The van der Waals surface area contributed by atoms with Crippen molar-refractivity contribution in [2.75, 3.05) is 37.6 Å². The van der Waals surface area contributed by atoms with E-state index in [2.05, 4.69) is 10.3 Å². The number of pyridine rings is 1. The van der Waals surface area contributed by atoms with Gasteiger partial charge in [-0.25, -0.2) is 4.98 Å². The number of carbonyl (C=O) groups is 1. The smallest absolute Gasteiger partial charge is 0.365 e. The van der Waals surface area contributed by atoms with Crippen LogP contribution in [0.3, 0.4) is 0 Å². The van der Waals surface area contributed by atoms with Crippen molar-refractivity contribution in [3.63, 3.8) is 0 Å². The minimum atomic E-state index is -4.52. The molecule has 9 heteroatoms. The predicted octanol–water partition coefficient (Wildman–Crippen LogP) is 0.922. The molecule has 1 aliphatic heterocycles. The lowest BCUT2D eigenvalue weighted by Crippen LogP contribution is -2.44. The molecule has 0 aromatic carbocycles. The molecule has 0 aliphatic carbocycles. The monoisotopic (exact) mass is 306 g/mol. The van der Waals surface area contributed by atoms with Gasteiger partial charge in [0.15, 0.2) is 0 Å². The summed E-state index contributed by atoms with van der Waals surface area (Å²) in [5, 5.41) is 4.76. The highest BCUT2D eigenvalue weighted by Crippen LogP contribution is 2.19. The van der Waals surface area contributed by atoms with Crippen LogP contribution in [0.15, 0.2) is 12.1 Å². The molecule has 1 fully saturated rings.